The van der Waals surface area contributed by atoms with Crippen LogP contribution >= 0.6 is 0 Å². The van der Waals surface area contributed by atoms with Crippen LogP contribution in [0, 0.1) is 5.92 Å². The van der Waals surface area contributed by atoms with Crippen LogP contribution in [0.5, 0.6) is 0 Å². The van der Waals surface area contributed by atoms with Crippen molar-refractivity contribution in [1.29, 1.82) is 0 Å². The Balaban J connectivity index is 1.74. The van der Waals surface area contributed by atoms with Gasteiger partial charge >= 0.3 is 0 Å². The van der Waals surface area contributed by atoms with E-state index in [2.05, 4.69) is 48.0 Å². The second-order valence-corrected chi connectivity index (χ2v) is 9.69. The third-order valence-electron chi connectivity index (χ3n) is 6.81. The van der Waals surface area contributed by atoms with Crippen molar-refractivity contribution in [1.82, 2.24) is 10.3 Å². The Morgan fingerprint density at radius 1 is 1.06 bits per heavy atom. The van der Waals surface area contributed by atoms with E-state index < -0.39 is 0 Å². The second kappa shape index (κ2) is 12.8. The van der Waals surface area contributed by atoms with Gasteiger partial charge in [-0.1, -0.05) is 82.7 Å². The van der Waals surface area contributed by atoms with Crippen LogP contribution < -0.4 is 16.4 Å². The molecule has 2 aromatic rings. The van der Waals surface area contributed by atoms with Gasteiger partial charge < -0.3 is 16.4 Å². The van der Waals surface area contributed by atoms with E-state index in [0.29, 0.717) is 11.4 Å². The number of nitrogens with two attached hydrogens (primary N) is 1. The van der Waals surface area contributed by atoms with Gasteiger partial charge in [0.1, 0.15) is 0 Å². The molecule has 4 N–H and O–H groups in total. The molecule has 0 saturated heterocycles. The molecule has 4 nitrogen and oxygen atoms in total. The van der Waals surface area contributed by atoms with Crippen molar-refractivity contribution in [2.75, 3.05) is 11.1 Å². The largest absolute Gasteiger partial charge is 0.398 e. The normalized spacial score (nSPS) is 14.7. The van der Waals surface area contributed by atoms with Gasteiger partial charge in [-0.3, -0.25) is 4.98 Å². The first-order valence-corrected chi connectivity index (χ1v) is 12.7. The summed E-state index contributed by atoms with van der Waals surface area (Å²) >= 11 is 0. The highest BCUT2D eigenvalue weighted by Crippen LogP contribution is 2.32. The van der Waals surface area contributed by atoms with E-state index in [4.69, 9.17) is 5.73 Å². The van der Waals surface area contributed by atoms with Crippen LogP contribution in [0.25, 0.3) is 16.7 Å². The minimum atomic E-state index is 0.653. The Bertz CT molecular complexity index is 1190. The summed E-state index contributed by atoms with van der Waals surface area (Å²) in [6.45, 7) is 20.5. The number of nitrogens with one attached hydrogen (secondary N) is 2. The van der Waals surface area contributed by atoms with Gasteiger partial charge in [0, 0.05) is 40.1 Å². The van der Waals surface area contributed by atoms with Gasteiger partial charge in [-0.2, -0.15) is 0 Å². The van der Waals surface area contributed by atoms with Crippen molar-refractivity contribution in [3.8, 4) is 11.1 Å². The number of nitrogen functional groups attached to an aromatic ring is 1. The molecule has 0 atom stereocenters. The van der Waals surface area contributed by atoms with E-state index >= 15 is 0 Å². The first kappa shape index (κ1) is 26.8. The summed E-state index contributed by atoms with van der Waals surface area (Å²) < 4.78 is 0. The molecule has 0 amide bonds. The van der Waals surface area contributed by atoms with Gasteiger partial charge in [-0.25, -0.2) is 0 Å². The summed E-state index contributed by atoms with van der Waals surface area (Å²) in [5.41, 5.74) is 15.4. The maximum absolute atomic E-state index is 6.34. The number of pyridine rings is 1. The minimum Gasteiger partial charge on any atom is -0.398 e. The van der Waals surface area contributed by atoms with E-state index in [9.17, 15) is 0 Å². The fourth-order valence-electron chi connectivity index (χ4n) is 4.56. The lowest BCUT2D eigenvalue weighted by molar-refractivity contribution is 0.357. The average molecular weight is 481 g/mol. The Morgan fingerprint density at radius 3 is 2.53 bits per heavy atom. The van der Waals surface area contributed by atoms with E-state index in [0.717, 1.165) is 57.3 Å². The fraction of sp³-hybridized carbons (Fsp3) is 0.281. The van der Waals surface area contributed by atoms with E-state index in [-0.39, 0.29) is 0 Å². The first-order valence-electron chi connectivity index (χ1n) is 12.7. The van der Waals surface area contributed by atoms with Crippen molar-refractivity contribution >= 4 is 16.9 Å². The van der Waals surface area contributed by atoms with Crippen molar-refractivity contribution in [3.63, 3.8) is 0 Å². The van der Waals surface area contributed by atoms with Gasteiger partial charge in [0.2, 0.25) is 0 Å². The number of rotatable bonds is 11. The monoisotopic (exact) mass is 480 g/mol. The van der Waals surface area contributed by atoms with E-state index in [1.54, 1.807) is 6.08 Å². The summed E-state index contributed by atoms with van der Waals surface area (Å²) in [7, 11) is 0. The van der Waals surface area contributed by atoms with Crippen LogP contribution in [0.15, 0.2) is 104 Å². The third-order valence-corrected chi connectivity index (χ3v) is 6.81. The lowest BCUT2D eigenvalue weighted by Crippen LogP contribution is -2.12. The predicted octanol–water partition coefficient (Wildman–Crippen LogP) is 8.38. The summed E-state index contributed by atoms with van der Waals surface area (Å²) in [6.07, 6.45) is 17.0. The molecular formula is C32H40N4. The topological polar surface area (TPSA) is 63.0 Å². The lowest BCUT2D eigenvalue weighted by atomic mass is 9.86. The maximum Gasteiger partial charge on any atom is 0.0574 e. The van der Waals surface area contributed by atoms with Gasteiger partial charge in [0.25, 0.3) is 0 Å². The molecule has 0 unspecified atom stereocenters. The molecule has 0 radical (unpaired) electrons. The highest BCUT2D eigenvalue weighted by molar-refractivity contribution is 5.86. The molecule has 0 bridgehead atoms. The molecule has 1 heterocycles. The number of nitrogens with zero attached hydrogens (tertiary/aromatic N) is 1. The zero-order valence-corrected chi connectivity index (χ0v) is 21.9. The van der Waals surface area contributed by atoms with Gasteiger partial charge in [-0.05, 0) is 61.1 Å². The standard InChI is InChI=1S/C32H40N4/c1-7-8-12-22(2)25(5)36-26(6)24(4)31-19-28(15-16-32(31)33)29-18-30(21-34-20-29)35-23(3)17-27-13-10-9-11-14-27/h7-8,12,15-16,18-21,27,35-36H,1,3-4,6,9-11,13-14,17,33H2,2,5H3/b12-8-,25-22+. The quantitative estimate of drug-likeness (QED) is 0.223. The van der Waals surface area contributed by atoms with Crippen LogP contribution in [-0.4, -0.2) is 4.98 Å². The molecule has 1 saturated carbocycles. The van der Waals surface area contributed by atoms with Crippen LogP contribution in [-0.2, 0) is 0 Å². The Kier molecular flexibility index (Phi) is 9.52. The molecule has 1 aliphatic carbocycles. The lowest BCUT2D eigenvalue weighted by Gasteiger charge is -2.23. The molecule has 1 aromatic carbocycles. The molecule has 0 spiro atoms. The number of benzene rings is 1. The van der Waals surface area contributed by atoms with Crippen LogP contribution in [0.1, 0.15) is 57.9 Å². The van der Waals surface area contributed by atoms with Crippen molar-refractivity contribution < 1.29 is 0 Å². The van der Waals surface area contributed by atoms with E-state index in [1.165, 1.54) is 32.1 Å². The summed E-state index contributed by atoms with van der Waals surface area (Å²) in [6, 6.07) is 8.07. The van der Waals surface area contributed by atoms with E-state index in [1.807, 2.05) is 56.6 Å². The number of hydrogen-bond donors (Lipinski definition) is 3. The van der Waals surface area contributed by atoms with Crippen LogP contribution in [0.2, 0.25) is 0 Å². The maximum atomic E-state index is 6.34. The zero-order chi connectivity index (χ0) is 26.1. The highest BCUT2D eigenvalue weighted by Gasteiger charge is 2.15. The van der Waals surface area contributed by atoms with Crippen molar-refractivity contribution in [2.45, 2.75) is 52.4 Å². The molecule has 36 heavy (non-hydrogen) atoms. The van der Waals surface area contributed by atoms with Crippen molar-refractivity contribution in [3.05, 3.63) is 109 Å². The molecule has 4 heteroatoms. The van der Waals surface area contributed by atoms with Crippen LogP contribution in [0.4, 0.5) is 11.4 Å². The Labute approximate surface area is 217 Å². The highest BCUT2D eigenvalue weighted by atomic mass is 14.9. The molecule has 1 aromatic heterocycles. The van der Waals surface area contributed by atoms with Gasteiger partial charge in [0.15, 0.2) is 0 Å². The van der Waals surface area contributed by atoms with Gasteiger partial charge in [0.05, 0.1) is 11.9 Å². The molecule has 1 fully saturated rings. The summed E-state index contributed by atoms with van der Waals surface area (Å²) in [5.74, 6) is 0.738. The third kappa shape index (κ3) is 7.35. The molecule has 188 valence electrons. The number of anilines is 2. The molecule has 0 aliphatic heterocycles. The number of aromatic nitrogens is 1. The Morgan fingerprint density at radius 2 is 1.81 bits per heavy atom. The average Bonchev–Trinajstić information content (AvgIpc) is 2.87. The van der Waals surface area contributed by atoms with Crippen LogP contribution in [0.3, 0.4) is 0 Å². The minimum absolute atomic E-state index is 0.653. The Hall–Kier alpha value is -3.79. The fourth-order valence-corrected chi connectivity index (χ4v) is 4.56. The summed E-state index contributed by atoms with van der Waals surface area (Å²) in [5, 5.41) is 6.82. The molecular weight excluding hydrogens is 440 g/mol. The predicted molar refractivity (Wildman–Crippen MR) is 157 cm³/mol. The van der Waals surface area contributed by atoms with Crippen molar-refractivity contribution in [2.24, 2.45) is 5.92 Å². The summed E-state index contributed by atoms with van der Waals surface area (Å²) in [4.78, 5) is 4.47. The van der Waals surface area contributed by atoms with Gasteiger partial charge in [-0.15, -0.1) is 0 Å². The number of allylic oxidation sites excluding steroid dienone is 7. The second-order valence-electron chi connectivity index (χ2n) is 9.69. The zero-order valence-electron chi connectivity index (χ0n) is 21.9. The smallest absolute Gasteiger partial charge is 0.0574 e. The number of hydrogen-bond acceptors (Lipinski definition) is 4. The SMILES string of the molecule is C=C/C=C\C(C)=C(/C)NC(=C)C(=C)c1cc(-c2cncc(NC(=C)CC3CCCCC3)c2)ccc1N. The molecule has 1 aliphatic rings. The first-order chi connectivity index (χ1) is 17.3. The molecule has 3 rings (SSSR count).